The van der Waals surface area contributed by atoms with Crippen LogP contribution in [0.3, 0.4) is 0 Å². The fourth-order valence-corrected chi connectivity index (χ4v) is 2.50. The number of hydrogen-bond donors (Lipinski definition) is 2. The lowest BCUT2D eigenvalue weighted by atomic mass is 10.1. The molecule has 0 saturated heterocycles. The summed E-state index contributed by atoms with van der Waals surface area (Å²) in [6.45, 7) is 0. The molecule has 2 heterocycles. The average molecular weight is 299 g/mol. The lowest BCUT2D eigenvalue weighted by Gasteiger charge is -2.02. The van der Waals surface area contributed by atoms with Gasteiger partial charge in [-0.3, -0.25) is 10.2 Å². The van der Waals surface area contributed by atoms with E-state index in [4.69, 9.17) is 10.3 Å². The summed E-state index contributed by atoms with van der Waals surface area (Å²) >= 11 is 1.68. The van der Waals surface area contributed by atoms with Gasteiger partial charge in [0.05, 0.1) is 0 Å². The van der Waals surface area contributed by atoms with E-state index in [1.54, 1.807) is 30.2 Å². The second kappa shape index (κ2) is 5.59. The van der Waals surface area contributed by atoms with Gasteiger partial charge in [0.25, 0.3) is 5.91 Å². The third-order valence-electron chi connectivity index (χ3n) is 3.18. The van der Waals surface area contributed by atoms with Gasteiger partial charge in [-0.2, -0.15) is 0 Å². The highest BCUT2D eigenvalue weighted by atomic mass is 32.2. The number of nitrogen functional groups attached to an aromatic ring is 1. The van der Waals surface area contributed by atoms with Crippen molar-refractivity contribution in [2.75, 3.05) is 6.26 Å². The number of hydrazine groups is 1. The van der Waals surface area contributed by atoms with Gasteiger partial charge in [0.1, 0.15) is 17.5 Å². The van der Waals surface area contributed by atoms with Crippen LogP contribution in [-0.2, 0) is 0 Å². The minimum absolute atomic E-state index is 0.258. The maximum Gasteiger partial charge on any atom is 0.283 e. The van der Waals surface area contributed by atoms with Crippen LogP contribution in [0.1, 0.15) is 10.5 Å². The second-order valence-corrected chi connectivity index (χ2v) is 5.27. The smallest absolute Gasteiger partial charge is 0.283 e. The molecule has 0 aliphatic heterocycles. The summed E-state index contributed by atoms with van der Waals surface area (Å²) in [5.74, 6) is 4.71. The molecule has 0 aliphatic carbocycles. The first-order valence-electron chi connectivity index (χ1n) is 6.26. The quantitative estimate of drug-likeness (QED) is 0.336. The van der Waals surface area contributed by atoms with Crippen molar-refractivity contribution < 1.29 is 9.21 Å². The average Bonchev–Trinajstić information content (AvgIpc) is 2.97. The number of aromatic nitrogens is 1. The highest BCUT2D eigenvalue weighted by Crippen LogP contribution is 2.30. The Morgan fingerprint density at radius 2 is 2.00 bits per heavy atom. The summed E-state index contributed by atoms with van der Waals surface area (Å²) in [7, 11) is 0. The van der Waals surface area contributed by atoms with Crippen LogP contribution in [0.25, 0.3) is 22.2 Å². The number of hydrogen-bond acceptors (Lipinski definition) is 5. The zero-order valence-electron chi connectivity index (χ0n) is 11.3. The van der Waals surface area contributed by atoms with Crippen molar-refractivity contribution >= 4 is 28.8 Å². The van der Waals surface area contributed by atoms with E-state index in [1.807, 2.05) is 30.5 Å². The van der Waals surface area contributed by atoms with E-state index < -0.39 is 5.91 Å². The molecule has 0 unspecified atom stereocenters. The Morgan fingerprint density at radius 3 is 2.67 bits per heavy atom. The Bertz CT molecular complexity index is 796. The number of thioether (sulfide) groups is 1. The molecule has 0 radical (unpaired) electrons. The number of furan rings is 1. The zero-order valence-corrected chi connectivity index (χ0v) is 12.1. The molecule has 1 aromatic carbocycles. The summed E-state index contributed by atoms with van der Waals surface area (Å²) < 4.78 is 5.50. The van der Waals surface area contributed by atoms with Crippen molar-refractivity contribution in [3.8, 4) is 11.1 Å². The van der Waals surface area contributed by atoms with Gasteiger partial charge < -0.3 is 4.42 Å². The summed E-state index contributed by atoms with van der Waals surface area (Å²) in [6, 6.07) is 11.4. The molecule has 106 valence electrons. The van der Waals surface area contributed by atoms with E-state index in [9.17, 15) is 4.79 Å². The normalized spacial score (nSPS) is 10.8. The third kappa shape index (κ3) is 2.51. The molecule has 0 spiro atoms. The first-order valence-corrected chi connectivity index (χ1v) is 7.49. The number of benzene rings is 1. The van der Waals surface area contributed by atoms with Crippen molar-refractivity contribution in [2.45, 2.75) is 4.90 Å². The van der Waals surface area contributed by atoms with Gasteiger partial charge in [-0.15, -0.1) is 11.8 Å². The van der Waals surface area contributed by atoms with Gasteiger partial charge >= 0.3 is 0 Å². The van der Waals surface area contributed by atoms with Crippen LogP contribution in [-0.4, -0.2) is 17.1 Å². The summed E-state index contributed by atoms with van der Waals surface area (Å²) in [6.07, 6.45) is 3.68. The Balaban J connectivity index is 2.11. The maximum atomic E-state index is 11.6. The van der Waals surface area contributed by atoms with Gasteiger partial charge in [-0.25, -0.2) is 10.8 Å². The zero-order chi connectivity index (χ0) is 14.8. The summed E-state index contributed by atoms with van der Waals surface area (Å²) in [5, 5.41) is 0. The first-order chi connectivity index (χ1) is 10.2. The van der Waals surface area contributed by atoms with Crippen LogP contribution >= 0.6 is 11.8 Å². The van der Waals surface area contributed by atoms with E-state index in [0.717, 1.165) is 11.1 Å². The van der Waals surface area contributed by atoms with E-state index in [2.05, 4.69) is 10.4 Å². The van der Waals surface area contributed by atoms with Crippen LogP contribution < -0.4 is 11.3 Å². The van der Waals surface area contributed by atoms with Gasteiger partial charge in [0.2, 0.25) is 0 Å². The monoisotopic (exact) mass is 299 g/mol. The molecule has 0 atom stereocenters. The Labute approximate surface area is 125 Å². The molecule has 3 N–H and O–H groups in total. The number of fused-ring (bicyclic) bond motifs is 1. The van der Waals surface area contributed by atoms with Crippen molar-refractivity contribution in [3.05, 3.63) is 48.4 Å². The third-order valence-corrected chi connectivity index (χ3v) is 3.93. The molecule has 3 aromatic rings. The minimum Gasteiger partial charge on any atom is -0.462 e. The molecule has 0 fully saturated rings. The molecule has 0 saturated carbocycles. The van der Waals surface area contributed by atoms with Gasteiger partial charge in [-0.1, -0.05) is 12.1 Å². The number of carbonyl (C=O) groups excluding carboxylic acids is 1. The molecular weight excluding hydrogens is 286 g/mol. The minimum atomic E-state index is -0.429. The number of nitrogens with zero attached hydrogens (tertiary/aromatic N) is 1. The topological polar surface area (TPSA) is 81.2 Å². The predicted molar refractivity (Wildman–Crippen MR) is 82.9 cm³/mol. The number of pyridine rings is 1. The largest absolute Gasteiger partial charge is 0.462 e. The Kier molecular flexibility index (Phi) is 3.64. The summed E-state index contributed by atoms with van der Waals surface area (Å²) in [5.41, 5.74) is 5.46. The van der Waals surface area contributed by atoms with Crippen molar-refractivity contribution in [1.29, 1.82) is 0 Å². The maximum absolute atomic E-state index is 11.6. The number of carbonyl (C=O) groups is 1. The Morgan fingerprint density at radius 1 is 1.24 bits per heavy atom. The number of nitrogens with one attached hydrogen (secondary N) is 1. The van der Waals surface area contributed by atoms with Gasteiger partial charge in [0, 0.05) is 10.5 Å². The number of amides is 1. The predicted octanol–water partition coefficient (Wildman–Crippen LogP) is 2.82. The fraction of sp³-hybridized carbons (Fsp3) is 0.0667. The van der Waals surface area contributed by atoms with E-state index in [0.29, 0.717) is 11.1 Å². The Hall–Kier alpha value is -2.31. The highest BCUT2D eigenvalue weighted by Gasteiger charge is 2.13. The van der Waals surface area contributed by atoms with Crippen LogP contribution in [0.15, 0.2) is 52.0 Å². The molecule has 0 bridgehead atoms. The lowest BCUT2D eigenvalue weighted by molar-refractivity contribution is 0.0949. The van der Waals surface area contributed by atoms with Crippen molar-refractivity contribution in [2.24, 2.45) is 5.84 Å². The standard InChI is InChI=1S/C15H13N3O2S/c1-21-10-4-2-9(3-5-10)11-8-20-13-7-6-12(15(19)18-16)17-14(11)13/h2-8H,16H2,1H3,(H,18,19). The van der Waals surface area contributed by atoms with Crippen LogP contribution in [0.5, 0.6) is 0 Å². The summed E-state index contributed by atoms with van der Waals surface area (Å²) in [4.78, 5) is 17.1. The van der Waals surface area contributed by atoms with E-state index in [-0.39, 0.29) is 5.69 Å². The number of nitrogens with two attached hydrogens (primary N) is 1. The van der Waals surface area contributed by atoms with E-state index in [1.165, 1.54) is 4.90 Å². The van der Waals surface area contributed by atoms with Crippen molar-refractivity contribution in [1.82, 2.24) is 10.4 Å². The highest BCUT2D eigenvalue weighted by molar-refractivity contribution is 7.98. The molecule has 5 nitrogen and oxygen atoms in total. The lowest BCUT2D eigenvalue weighted by Crippen LogP contribution is -2.30. The van der Waals surface area contributed by atoms with Crippen LogP contribution in [0.2, 0.25) is 0 Å². The molecule has 2 aromatic heterocycles. The SMILES string of the molecule is CSc1ccc(-c2coc3ccc(C(=O)NN)nc23)cc1. The van der Waals surface area contributed by atoms with Crippen molar-refractivity contribution in [3.63, 3.8) is 0 Å². The molecule has 21 heavy (non-hydrogen) atoms. The molecule has 3 rings (SSSR count). The molecule has 0 aliphatic rings. The van der Waals surface area contributed by atoms with Crippen LogP contribution in [0, 0.1) is 0 Å². The first kappa shape index (κ1) is 13.7. The fourth-order valence-electron chi connectivity index (χ4n) is 2.09. The van der Waals surface area contributed by atoms with Gasteiger partial charge in [0.15, 0.2) is 5.58 Å². The second-order valence-electron chi connectivity index (χ2n) is 4.39. The number of rotatable bonds is 3. The van der Waals surface area contributed by atoms with E-state index >= 15 is 0 Å². The molecular formula is C15H13N3O2S. The van der Waals surface area contributed by atoms with Crippen LogP contribution in [0.4, 0.5) is 0 Å². The molecule has 1 amide bonds. The molecule has 6 heteroatoms. The van der Waals surface area contributed by atoms with Gasteiger partial charge in [-0.05, 0) is 36.1 Å².